The lowest BCUT2D eigenvalue weighted by atomic mass is 10.2. The fourth-order valence-electron chi connectivity index (χ4n) is 2.58. The van der Waals surface area contributed by atoms with Crippen LogP contribution < -0.4 is 10.6 Å². The van der Waals surface area contributed by atoms with Crippen LogP contribution in [0.4, 0.5) is 17.1 Å². The molecule has 0 saturated carbocycles. The van der Waals surface area contributed by atoms with E-state index in [1.807, 2.05) is 19.2 Å². The Bertz CT molecular complexity index is 1070. The zero-order valence-electron chi connectivity index (χ0n) is 16.3. The summed E-state index contributed by atoms with van der Waals surface area (Å²) in [6.07, 6.45) is 0. The monoisotopic (exact) mass is 446 g/mol. The van der Waals surface area contributed by atoms with Crippen molar-refractivity contribution in [1.29, 1.82) is 0 Å². The lowest BCUT2D eigenvalue weighted by molar-refractivity contribution is -0.385. The highest BCUT2D eigenvalue weighted by molar-refractivity contribution is 7.99. The third kappa shape index (κ3) is 5.49. The predicted molar refractivity (Wildman–Crippen MR) is 117 cm³/mol. The Labute approximate surface area is 182 Å². The van der Waals surface area contributed by atoms with Gasteiger partial charge in [0, 0.05) is 35.1 Å². The Balaban J connectivity index is 1.54. The second-order valence-electron chi connectivity index (χ2n) is 6.41. The molecule has 2 aromatic carbocycles. The van der Waals surface area contributed by atoms with E-state index >= 15 is 0 Å². The van der Waals surface area contributed by atoms with Crippen LogP contribution in [0.5, 0.6) is 0 Å². The molecule has 2 N–H and O–H groups in total. The molecular formula is C19H19ClN6O3S. The smallest absolute Gasteiger partial charge is 0.274 e. The number of hydrogen-bond donors (Lipinski definition) is 2. The summed E-state index contributed by atoms with van der Waals surface area (Å²) < 4.78 is 1.80. The van der Waals surface area contributed by atoms with Crippen LogP contribution in [0.15, 0.2) is 47.6 Å². The highest BCUT2D eigenvalue weighted by atomic mass is 35.5. The van der Waals surface area contributed by atoms with Crippen molar-refractivity contribution in [3.05, 3.63) is 69.0 Å². The molecule has 156 valence electrons. The number of nitrogens with one attached hydrogen (secondary N) is 2. The van der Waals surface area contributed by atoms with Crippen LogP contribution in [0.2, 0.25) is 5.02 Å². The van der Waals surface area contributed by atoms with Crippen LogP contribution in [0.25, 0.3) is 0 Å². The number of amides is 1. The number of nitrogens with zero attached hydrogens (tertiary/aromatic N) is 4. The van der Waals surface area contributed by atoms with Gasteiger partial charge in [-0.2, -0.15) is 0 Å². The molecule has 1 amide bonds. The highest BCUT2D eigenvalue weighted by Gasteiger charge is 2.14. The van der Waals surface area contributed by atoms with E-state index in [-0.39, 0.29) is 17.3 Å². The molecule has 0 radical (unpaired) electrons. The first-order valence-corrected chi connectivity index (χ1v) is 10.2. The number of rotatable bonds is 8. The standard InChI is InChI=1S/C19H19ClN6O3S/c1-12-3-6-15(9-16(12)26(28)29)22-18(27)11-30-19-24-23-17(25(19)2)10-21-14-7-4-13(20)5-8-14/h3-9,21H,10-11H2,1-2H3,(H,22,27). The molecule has 0 bridgehead atoms. The number of aryl methyl sites for hydroxylation is 1. The van der Waals surface area contributed by atoms with E-state index < -0.39 is 4.92 Å². The van der Waals surface area contributed by atoms with Gasteiger partial charge < -0.3 is 15.2 Å². The summed E-state index contributed by atoms with van der Waals surface area (Å²) in [4.78, 5) is 22.8. The Morgan fingerprint density at radius 1 is 1.20 bits per heavy atom. The van der Waals surface area contributed by atoms with Gasteiger partial charge in [0.1, 0.15) is 0 Å². The topological polar surface area (TPSA) is 115 Å². The molecule has 0 unspecified atom stereocenters. The SMILES string of the molecule is Cc1ccc(NC(=O)CSc2nnc(CNc3ccc(Cl)cc3)n2C)cc1[N+](=O)[O-]. The van der Waals surface area contributed by atoms with Crippen molar-refractivity contribution in [2.75, 3.05) is 16.4 Å². The maximum atomic E-state index is 12.2. The molecule has 9 nitrogen and oxygen atoms in total. The molecule has 0 aliphatic heterocycles. The average Bonchev–Trinajstić information content (AvgIpc) is 3.07. The number of carbonyl (C=O) groups is 1. The summed E-state index contributed by atoms with van der Waals surface area (Å²) in [6, 6.07) is 11.9. The van der Waals surface area contributed by atoms with Crippen molar-refractivity contribution in [1.82, 2.24) is 14.8 Å². The maximum absolute atomic E-state index is 12.2. The van der Waals surface area contributed by atoms with Crippen molar-refractivity contribution >= 4 is 46.3 Å². The summed E-state index contributed by atoms with van der Waals surface area (Å²) in [5.41, 5.74) is 1.78. The molecule has 0 fully saturated rings. The average molecular weight is 447 g/mol. The number of hydrogen-bond acceptors (Lipinski definition) is 7. The second-order valence-corrected chi connectivity index (χ2v) is 7.79. The number of carbonyl (C=O) groups excluding carboxylic acids is 1. The predicted octanol–water partition coefficient (Wildman–Crippen LogP) is 4.03. The van der Waals surface area contributed by atoms with E-state index in [0.717, 1.165) is 5.69 Å². The molecule has 1 heterocycles. The van der Waals surface area contributed by atoms with E-state index in [0.29, 0.717) is 33.8 Å². The molecule has 0 aliphatic rings. The quantitative estimate of drug-likeness (QED) is 0.305. The molecule has 3 rings (SSSR count). The van der Waals surface area contributed by atoms with Gasteiger partial charge in [0.15, 0.2) is 11.0 Å². The number of nitro groups is 1. The molecule has 3 aromatic rings. The van der Waals surface area contributed by atoms with E-state index in [1.54, 1.807) is 35.8 Å². The van der Waals surface area contributed by atoms with Crippen molar-refractivity contribution in [2.24, 2.45) is 7.05 Å². The fraction of sp³-hybridized carbons (Fsp3) is 0.211. The molecule has 30 heavy (non-hydrogen) atoms. The minimum Gasteiger partial charge on any atom is -0.378 e. The number of thioether (sulfide) groups is 1. The largest absolute Gasteiger partial charge is 0.378 e. The summed E-state index contributed by atoms with van der Waals surface area (Å²) in [5, 5.41) is 26.4. The van der Waals surface area contributed by atoms with Gasteiger partial charge in [0.25, 0.3) is 5.69 Å². The third-order valence-electron chi connectivity index (χ3n) is 4.24. The van der Waals surface area contributed by atoms with Gasteiger partial charge in [-0.05, 0) is 37.3 Å². The number of benzene rings is 2. The van der Waals surface area contributed by atoms with Crippen LogP contribution in [-0.4, -0.2) is 31.3 Å². The van der Waals surface area contributed by atoms with Crippen LogP contribution in [0.3, 0.4) is 0 Å². The summed E-state index contributed by atoms with van der Waals surface area (Å²) in [7, 11) is 1.82. The van der Waals surface area contributed by atoms with Crippen molar-refractivity contribution < 1.29 is 9.72 Å². The zero-order valence-corrected chi connectivity index (χ0v) is 17.8. The third-order valence-corrected chi connectivity index (χ3v) is 5.51. The molecule has 0 saturated heterocycles. The molecule has 0 spiro atoms. The normalized spacial score (nSPS) is 10.6. The summed E-state index contributed by atoms with van der Waals surface area (Å²) in [6.45, 7) is 2.11. The lowest BCUT2D eigenvalue weighted by Crippen LogP contribution is -2.15. The van der Waals surface area contributed by atoms with Gasteiger partial charge >= 0.3 is 0 Å². The Morgan fingerprint density at radius 2 is 1.90 bits per heavy atom. The summed E-state index contributed by atoms with van der Waals surface area (Å²) in [5.74, 6) is 0.516. The number of aromatic nitrogens is 3. The van der Waals surface area contributed by atoms with Gasteiger partial charge in [-0.15, -0.1) is 10.2 Å². The zero-order chi connectivity index (χ0) is 21.7. The molecule has 1 aromatic heterocycles. The van der Waals surface area contributed by atoms with Gasteiger partial charge in [0.05, 0.1) is 17.2 Å². The molecule has 0 atom stereocenters. The Hall–Kier alpha value is -3.11. The minimum atomic E-state index is -0.473. The first-order valence-electron chi connectivity index (χ1n) is 8.89. The highest BCUT2D eigenvalue weighted by Crippen LogP contribution is 2.23. The molecular weight excluding hydrogens is 428 g/mol. The first kappa shape index (κ1) is 21.6. The lowest BCUT2D eigenvalue weighted by Gasteiger charge is -2.08. The van der Waals surface area contributed by atoms with E-state index in [9.17, 15) is 14.9 Å². The van der Waals surface area contributed by atoms with Crippen LogP contribution in [0.1, 0.15) is 11.4 Å². The fourth-order valence-corrected chi connectivity index (χ4v) is 3.44. The van der Waals surface area contributed by atoms with Gasteiger partial charge in [0.2, 0.25) is 5.91 Å². The van der Waals surface area contributed by atoms with Gasteiger partial charge in [-0.3, -0.25) is 14.9 Å². The van der Waals surface area contributed by atoms with Crippen molar-refractivity contribution in [3.8, 4) is 0 Å². The second kappa shape index (κ2) is 9.59. The number of halogens is 1. The van der Waals surface area contributed by atoms with E-state index in [4.69, 9.17) is 11.6 Å². The van der Waals surface area contributed by atoms with Gasteiger partial charge in [-0.25, -0.2) is 0 Å². The Morgan fingerprint density at radius 3 is 2.60 bits per heavy atom. The summed E-state index contributed by atoms with van der Waals surface area (Å²) >= 11 is 7.11. The maximum Gasteiger partial charge on any atom is 0.274 e. The van der Waals surface area contributed by atoms with Crippen molar-refractivity contribution in [2.45, 2.75) is 18.6 Å². The number of anilines is 2. The van der Waals surface area contributed by atoms with Gasteiger partial charge in [-0.1, -0.05) is 29.4 Å². The molecule has 11 heteroatoms. The van der Waals surface area contributed by atoms with E-state index in [1.165, 1.54) is 17.8 Å². The minimum absolute atomic E-state index is 0.0356. The van der Waals surface area contributed by atoms with Crippen LogP contribution in [-0.2, 0) is 18.4 Å². The van der Waals surface area contributed by atoms with Crippen molar-refractivity contribution in [3.63, 3.8) is 0 Å². The number of nitro benzene ring substituents is 1. The van der Waals surface area contributed by atoms with Crippen LogP contribution >= 0.6 is 23.4 Å². The Kier molecular flexibility index (Phi) is 6.91. The van der Waals surface area contributed by atoms with E-state index in [2.05, 4.69) is 20.8 Å². The van der Waals surface area contributed by atoms with Crippen LogP contribution in [0, 0.1) is 17.0 Å². The molecule has 0 aliphatic carbocycles. The first-order chi connectivity index (χ1) is 14.3.